The molecule has 5 nitrogen and oxygen atoms in total. The molecule has 0 amide bonds. The smallest absolute Gasteiger partial charge is 0.352 e. The summed E-state index contributed by atoms with van der Waals surface area (Å²) in [5.41, 5.74) is 0.577. The van der Waals surface area contributed by atoms with Crippen LogP contribution in [0.2, 0.25) is 0 Å². The molecule has 0 aromatic carbocycles. The number of aromatic carboxylic acids is 1. The lowest BCUT2D eigenvalue weighted by Crippen LogP contribution is -2.14. The van der Waals surface area contributed by atoms with Crippen molar-refractivity contribution < 1.29 is 19.4 Å². The number of ether oxygens (including phenoxy) is 1. The molecule has 0 aliphatic carbocycles. The maximum absolute atomic E-state index is 12.1. The fourth-order valence-electron chi connectivity index (χ4n) is 2.15. The predicted molar refractivity (Wildman–Crippen MR) is 60.2 cm³/mol. The number of rotatable bonds is 3. The molecule has 17 heavy (non-hydrogen) atoms. The van der Waals surface area contributed by atoms with Crippen molar-refractivity contribution in [2.75, 3.05) is 6.61 Å². The standard InChI is InChI=1S/C12H15NO4/c1-7-3-9(6-17-7)11(14)8-4-10(12(15)16)13(2)5-8/h4-5,7,9H,3,6H2,1-2H3,(H,15,16). The Kier molecular flexibility index (Phi) is 3.02. The van der Waals surface area contributed by atoms with Crippen LogP contribution in [-0.4, -0.2) is 34.1 Å². The van der Waals surface area contributed by atoms with E-state index >= 15 is 0 Å². The van der Waals surface area contributed by atoms with Crippen molar-refractivity contribution in [3.8, 4) is 0 Å². The molecule has 1 fully saturated rings. The summed E-state index contributed by atoms with van der Waals surface area (Å²) < 4.78 is 6.80. The summed E-state index contributed by atoms with van der Waals surface area (Å²) in [5.74, 6) is -1.20. The zero-order valence-corrected chi connectivity index (χ0v) is 9.84. The van der Waals surface area contributed by atoms with Gasteiger partial charge in [0.25, 0.3) is 0 Å². The largest absolute Gasteiger partial charge is 0.477 e. The second kappa shape index (κ2) is 4.33. The zero-order chi connectivity index (χ0) is 12.6. The van der Waals surface area contributed by atoms with E-state index in [2.05, 4.69) is 0 Å². The third-order valence-corrected chi connectivity index (χ3v) is 3.08. The Morgan fingerprint density at radius 3 is 2.71 bits per heavy atom. The van der Waals surface area contributed by atoms with Crippen LogP contribution in [0.4, 0.5) is 0 Å². The number of hydrogen-bond donors (Lipinski definition) is 1. The van der Waals surface area contributed by atoms with E-state index in [0.29, 0.717) is 18.6 Å². The van der Waals surface area contributed by atoms with Crippen molar-refractivity contribution in [2.45, 2.75) is 19.4 Å². The Hall–Kier alpha value is -1.62. The van der Waals surface area contributed by atoms with Crippen molar-refractivity contribution in [2.24, 2.45) is 13.0 Å². The molecule has 1 saturated heterocycles. The van der Waals surface area contributed by atoms with E-state index in [9.17, 15) is 9.59 Å². The van der Waals surface area contributed by atoms with E-state index < -0.39 is 5.97 Å². The molecule has 1 aliphatic rings. The van der Waals surface area contributed by atoms with Gasteiger partial charge in [-0.25, -0.2) is 4.79 Å². The van der Waals surface area contributed by atoms with E-state index in [1.54, 1.807) is 13.2 Å². The van der Waals surface area contributed by atoms with Crippen LogP contribution < -0.4 is 0 Å². The molecule has 1 N–H and O–H groups in total. The molecule has 2 atom stereocenters. The predicted octanol–water partition coefficient (Wildman–Crippen LogP) is 1.33. The van der Waals surface area contributed by atoms with Crippen LogP contribution in [-0.2, 0) is 11.8 Å². The first-order chi connectivity index (χ1) is 7.99. The van der Waals surface area contributed by atoms with Crippen molar-refractivity contribution in [3.63, 3.8) is 0 Å². The molecular formula is C12H15NO4. The third kappa shape index (κ3) is 2.24. The average Bonchev–Trinajstić information content (AvgIpc) is 2.83. The highest BCUT2D eigenvalue weighted by Crippen LogP contribution is 2.23. The summed E-state index contributed by atoms with van der Waals surface area (Å²) in [6, 6.07) is 1.42. The number of carboxylic acid groups (broad SMARTS) is 1. The van der Waals surface area contributed by atoms with Crippen molar-refractivity contribution in [3.05, 3.63) is 23.5 Å². The zero-order valence-electron chi connectivity index (χ0n) is 9.84. The summed E-state index contributed by atoms with van der Waals surface area (Å²) in [6.07, 6.45) is 2.37. The monoisotopic (exact) mass is 237 g/mol. The van der Waals surface area contributed by atoms with Crippen LogP contribution >= 0.6 is 0 Å². The highest BCUT2D eigenvalue weighted by atomic mass is 16.5. The molecule has 1 aromatic rings. The van der Waals surface area contributed by atoms with E-state index in [1.165, 1.54) is 10.6 Å². The molecule has 0 saturated carbocycles. The summed E-state index contributed by atoms with van der Waals surface area (Å²) in [5, 5.41) is 8.91. The number of aryl methyl sites for hydroxylation is 1. The third-order valence-electron chi connectivity index (χ3n) is 3.08. The van der Waals surface area contributed by atoms with Crippen LogP contribution in [0.1, 0.15) is 34.2 Å². The van der Waals surface area contributed by atoms with Crippen molar-refractivity contribution in [1.29, 1.82) is 0 Å². The Morgan fingerprint density at radius 1 is 1.53 bits per heavy atom. The summed E-state index contributed by atoms with van der Waals surface area (Å²) in [6.45, 7) is 2.36. The van der Waals surface area contributed by atoms with Gasteiger partial charge < -0.3 is 14.4 Å². The van der Waals surface area contributed by atoms with Gasteiger partial charge in [0.15, 0.2) is 5.78 Å². The van der Waals surface area contributed by atoms with E-state index in [-0.39, 0.29) is 23.5 Å². The Labute approximate surface area is 99.0 Å². The first kappa shape index (κ1) is 11.9. The highest BCUT2D eigenvalue weighted by molar-refractivity contribution is 6.00. The minimum atomic E-state index is -1.03. The van der Waals surface area contributed by atoms with Gasteiger partial charge in [-0.05, 0) is 19.4 Å². The summed E-state index contributed by atoms with van der Waals surface area (Å²) in [4.78, 5) is 23.0. The first-order valence-electron chi connectivity index (χ1n) is 5.54. The van der Waals surface area contributed by atoms with E-state index in [1.807, 2.05) is 6.92 Å². The van der Waals surface area contributed by atoms with Crippen LogP contribution in [0.25, 0.3) is 0 Å². The number of carboxylic acids is 1. The Bertz CT molecular complexity index is 463. The first-order valence-corrected chi connectivity index (χ1v) is 5.54. The lowest BCUT2D eigenvalue weighted by atomic mass is 9.97. The molecule has 2 unspecified atom stereocenters. The number of Topliss-reactive ketones (excluding diaryl/α,β-unsaturated/α-hetero) is 1. The van der Waals surface area contributed by atoms with Gasteiger partial charge in [-0.15, -0.1) is 0 Å². The average molecular weight is 237 g/mol. The number of carbonyl (C=O) groups is 2. The van der Waals surface area contributed by atoms with Crippen molar-refractivity contribution >= 4 is 11.8 Å². The number of carbonyl (C=O) groups excluding carboxylic acids is 1. The SMILES string of the molecule is CC1CC(C(=O)c2cc(C(=O)O)n(C)c2)CO1. The molecule has 1 aliphatic heterocycles. The summed E-state index contributed by atoms with van der Waals surface area (Å²) in [7, 11) is 1.62. The number of nitrogens with zero attached hydrogens (tertiary/aromatic N) is 1. The maximum atomic E-state index is 12.1. The second-order valence-corrected chi connectivity index (χ2v) is 4.47. The molecule has 0 bridgehead atoms. The molecule has 2 rings (SSSR count). The molecule has 5 heteroatoms. The quantitative estimate of drug-likeness (QED) is 0.805. The lowest BCUT2D eigenvalue weighted by Gasteiger charge is -2.03. The van der Waals surface area contributed by atoms with Crippen molar-refractivity contribution in [1.82, 2.24) is 4.57 Å². The second-order valence-electron chi connectivity index (χ2n) is 4.47. The number of ketones is 1. The molecule has 0 radical (unpaired) electrons. The van der Waals surface area contributed by atoms with Gasteiger partial charge in [-0.2, -0.15) is 0 Å². The fourth-order valence-corrected chi connectivity index (χ4v) is 2.15. The molecule has 1 aromatic heterocycles. The van der Waals surface area contributed by atoms with Gasteiger partial charge in [0.2, 0.25) is 0 Å². The normalized spacial score (nSPS) is 23.9. The highest BCUT2D eigenvalue weighted by Gasteiger charge is 2.30. The van der Waals surface area contributed by atoms with Gasteiger partial charge >= 0.3 is 5.97 Å². The van der Waals surface area contributed by atoms with Crippen LogP contribution in [0.3, 0.4) is 0 Å². The Balaban J connectivity index is 2.20. The van der Waals surface area contributed by atoms with Crippen LogP contribution in [0.15, 0.2) is 12.3 Å². The maximum Gasteiger partial charge on any atom is 0.352 e. The van der Waals surface area contributed by atoms with Gasteiger partial charge in [0.05, 0.1) is 12.7 Å². The topological polar surface area (TPSA) is 68.5 Å². The van der Waals surface area contributed by atoms with Crippen LogP contribution in [0, 0.1) is 5.92 Å². The Morgan fingerprint density at radius 2 is 2.24 bits per heavy atom. The molecule has 92 valence electrons. The number of aromatic nitrogens is 1. The van der Waals surface area contributed by atoms with Gasteiger partial charge in [-0.3, -0.25) is 4.79 Å². The lowest BCUT2D eigenvalue weighted by molar-refractivity contribution is 0.0686. The molecular weight excluding hydrogens is 222 g/mol. The number of hydrogen-bond acceptors (Lipinski definition) is 3. The van der Waals surface area contributed by atoms with Gasteiger partial charge in [0, 0.05) is 24.7 Å². The molecule has 2 heterocycles. The minimum Gasteiger partial charge on any atom is -0.477 e. The van der Waals surface area contributed by atoms with Gasteiger partial charge in [0.1, 0.15) is 5.69 Å². The van der Waals surface area contributed by atoms with Crippen LogP contribution in [0.5, 0.6) is 0 Å². The van der Waals surface area contributed by atoms with Gasteiger partial charge in [-0.1, -0.05) is 0 Å². The summed E-state index contributed by atoms with van der Waals surface area (Å²) >= 11 is 0. The van der Waals surface area contributed by atoms with E-state index in [4.69, 9.17) is 9.84 Å². The molecule has 0 spiro atoms. The fraction of sp³-hybridized carbons (Fsp3) is 0.500. The minimum absolute atomic E-state index is 0.0301. The van der Waals surface area contributed by atoms with E-state index in [0.717, 1.165) is 0 Å².